The summed E-state index contributed by atoms with van der Waals surface area (Å²) in [6.45, 7) is 6.21. The number of carbonyl (C=O) groups is 1. The minimum Gasteiger partial charge on any atom is -0.347 e. The highest BCUT2D eigenvalue weighted by Crippen LogP contribution is 2.23. The van der Waals surface area contributed by atoms with E-state index in [0.29, 0.717) is 12.1 Å². The molecular weight excluding hydrogens is 240 g/mol. The standard InChI is InChI=1S/C14H28N4O/c1-11-9-12(5-7-17(11)4)18-8-6-15-10-13(18)14(19)16(2)3/h11-13,15H,5-10H2,1-4H3. The van der Waals surface area contributed by atoms with E-state index in [1.807, 2.05) is 14.1 Å². The summed E-state index contributed by atoms with van der Waals surface area (Å²) >= 11 is 0. The van der Waals surface area contributed by atoms with E-state index in [0.717, 1.165) is 26.2 Å². The van der Waals surface area contributed by atoms with Gasteiger partial charge in [0.15, 0.2) is 0 Å². The fraction of sp³-hybridized carbons (Fsp3) is 0.929. The van der Waals surface area contributed by atoms with Crippen molar-refractivity contribution < 1.29 is 4.79 Å². The first-order chi connectivity index (χ1) is 9.00. The Balaban J connectivity index is 2.05. The molecule has 110 valence electrons. The van der Waals surface area contributed by atoms with Crippen LogP contribution in [0.25, 0.3) is 0 Å². The molecule has 5 nitrogen and oxygen atoms in total. The molecule has 2 fully saturated rings. The van der Waals surface area contributed by atoms with Gasteiger partial charge in [-0.15, -0.1) is 0 Å². The lowest BCUT2D eigenvalue weighted by atomic mass is 9.95. The summed E-state index contributed by atoms with van der Waals surface area (Å²) in [4.78, 5) is 18.9. The van der Waals surface area contributed by atoms with Crippen LogP contribution in [0.5, 0.6) is 0 Å². The van der Waals surface area contributed by atoms with Crippen LogP contribution in [0.3, 0.4) is 0 Å². The van der Waals surface area contributed by atoms with Gasteiger partial charge in [-0.2, -0.15) is 0 Å². The van der Waals surface area contributed by atoms with Gasteiger partial charge in [0.2, 0.25) is 5.91 Å². The molecule has 0 aliphatic carbocycles. The van der Waals surface area contributed by atoms with Crippen molar-refractivity contribution in [2.75, 3.05) is 47.3 Å². The van der Waals surface area contributed by atoms with Gasteiger partial charge in [0.25, 0.3) is 0 Å². The molecule has 0 radical (unpaired) electrons. The van der Waals surface area contributed by atoms with Crippen molar-refractivity contribution in [2.45, 2.75) is 37.9 Å². The number of likely N-dealkylation sites (N-methyl/N-ethyl adjacent to an activating group) is 1. The Hall–Kier alpha value is -0.650. The van der Waals surface area contributed by atoms with Crippen LogP contribution in [0.2, 0.25) is 0 Å². The quantitative estimate of drug-likeness (QED) is 0.755. The summed E-state index contributed by atoms with van der Waals surface area (Å²) in [6.07, 6.45) is 2.35. The van der Waals surface area contributed by atoms with Gasteiger partial charge in [-0.05, 0) is 33.4 Å². The highest BCUT2D eigenvalue weighted by Gasteiger charge is 2.36. The number of nitrogens with zero attached hydrogens (tertiary/aromatic N) is 3. The first kappa shape index (κ1) is 14.8. The van der Waals surface area contributed by atoms with Crippen molar-refractivity contribution >= 4 is 5.91 Å². The average molecular weight is 268 g/mol. The number of rotatable bonds is 2. The maximum atomic E-state index is 12.3. The van der Waals surface area contributed by atoms with Crippen molar-refractivity contribution in [1.82, 2.24) is 20.0 Å². The number of hydrogen-bond donors (Lipinski definition) is 1. The van der Waals surface area contributed by atoms with Crippen LogP contribution in [-0.4, -0.2) is 86.1 Å². The molecule has 0 saturated carbocycles. The first-order valence-corrected chi connectivity index (χ1v) is 7.38. The maximum absolute atomic E-state index is 12.3. The van der Waals surface area contributed by atoms with Gasteiger partial charge < -0.3 is 15.1 Å². The Labute approximate surface area is 116 Å². The second-order valence-corrected chi connectivity index (χ2v) is 6.20. The molecule has 1 N–H and O–H groups in total. The molecule has 1 amide bonds. The molecule has 19 heavy (non-hydrogen) atoms. The van der Waals surface area contributed by atoms with Crippen LogP contribution in [-0.2, 0) is 4.79 Å². The van der Waals surface area contributed by atoms with E-state index in [2.05, 4.69) is 29.1 Å². The molecule has 2 rings (SSSR count). The van der Waals surface area contributed by atoms with Crippen LogP contribution in [0.4, 0.5) is 0 Å². The average Bonchev–Trinajstić information content (AvgIpc) is 2.41. The van der Waals surface area contributed by atoms with Crippen LogP contribution in [0, 0.1) is 0 Å². The summed E-state index contributed by atoms with van der Waals surface area (Å²) in [5, 5.41) is 3.36. The summed E-state index contributed by atoms with van der Waals surface area (Å²) in [6, 6.07) is 1.19. The summed E-state index contributed by atoms with van der Waals surface area (Å²) in [5.74, 6) is 0.235. The van der Waals surface area contributed by atoms with Crippen LogP contribution < -0.4 is 5.32 Å². The third kappa shape index (κ3) is 3.27. The molecule has 2 aliphatic rings. The topological polar surface area (TPSA) is 38.8 Å². The highest BCUT2D eigenvalue weighted by atomic mass is 16.2. The molecular formula is C14H28N4O. The monoisotopic (exact) mass is 268 g/mol. The molecule has 0 aromatic heterocycles. The van der Waals surface area contributed by atoms with E-state index in [1.165, 1.54) is 12.8 Å². The fourth-order valence-electron chi connectivity index (χ4n) is 3.25. The van der Waals surface area contributed by atoms with Crippen molar-refractivity contribution in [3.05, 3.63) is 0 Å². The lowest BCUT2D eigenvalue weighted by molar-refractivity contribution is -0.136. The minimum atomic E-state index is 0.0179. The predicted octanol–water partition coefficient (Wildman–Crippen LogP) is -0.169. The van der Waals surface area contributed by atoms with E-state index in [-0.39, 0.29) is 11.9 Å². The first-order valence-electron chi connectivity index (χ1n) is 7.38. The van der Waals surface area contributed by atoms with E-state index in [4.69, 9.17) is 0 Å². The molecule has 3 atom stereocenters. The van der Waals surface area contributed by atoms with Crippen molar-refractivity contribution in [1.29, 1.82) is 0 Å². The Bertz CT molecular complexity index is 321. The van der Waals surface area contributed by atoms with Crippen LogP contribution in [0.1, 0.15) is 19.8 Å². The zero-order valence-corrected chi connectivity index (χ0v) is 12.7. The smallest absolute Gasteiger partial charge is 0.240 e. The molecule has 0 spiro atoms. The second kappa shape index (κ2) is 6.20. The number of amides is 1. The number of likely N-dealkylation sites (tertiary alicyclic amines) is 1. The molecule has 2 heterocycles. The van der Waals surface area contributed by atoms with Gasteiger partial charge >= 0.3 is 0 Å². The van der Waals surface area contributed by atoms with Gasteiger partial charge in [-0.1, -0.05) is 0 Å². The molecule has 5 heteroatoms. The highest BCUT2D eigenvalue weighted by molar-refractivity contribution is 5.81. The molecule has 0 aromatic rings. The Morgan fingerprint density at radius 1 is 1.32 bits per heavy atom. The largest absolute Gasteiger partial charge is 0.347 e. The number of nitrogens with one attached hydrogen (secondary N) is 1. The number of piperidine rings is 1. The van der Waals surface area contributed by atoms with E-state index in [9.17, 15) is 4.79 Å². The normalized spacial score (nSPS) is 34.2. The van der Waals surface area contributed by atoms with Crippen LogP contribution >= 0.6 is 0 Å². The van der Waals surface area contributed by atoms with Gasteiger partial charge in [0, 0.05) is 45.8 Å². The lowest BCUT2D eigenvalue weighted by Crippen LogP contribution is -2.62. The van der Waals surface area contributed by atoms with Gasteiger partial charge in [-0.3, -0.25) is 9.69 Å². The van der Waals surface area contributed by atoms with E-state index >= 15 is 0 Å². The second-order valence-electron chi connectivity index (χ2n) is 6.20. The predicted molar refractivity (Wildman–Crippen MR) is 77.2 cm³/mol. The lowest BCUT2D eigenvalue weighted by Gasteiger charge is -2.46. The third-order valence-electron chi connectivity index (χ3n) is 4.66. The summed E-state index contributed by atoms with van der Waals surface area (Å²) < 4.78 is 0. The van der Waals surface area contributed by atoms with E-state index in [1.54, 1.807) is 4.90 Å². The zero-order chi connectivity index (χ0) is 14.0. The number of hydrogen-bond acceptors (Lipinski definition) is 4. The van der Waals surface area contributed by atoms with E-state index < -0.39 is 0 Å². The Morgan fingerprint density at radius 3 is 2.68 bits per heavy atom. The van der Waals surface area contributed by atoms with Gasteiger partial charge in [0.05, 0.1) is 0 Å². The molecule has 2 aliphatic heterocycles. The molecule has 3 unspecified atom stereocenters. The SMILES string of the molecule is CC1CC(N2CCNCC2C(=O)N(C)C)CCN1C. The van der Waals surface area contributed by atoms with Crippen LogP contribution in [0.15, 0.2) is 0 Å². The number of piperazine rings is 1. The molecule has 0 aromatic carbocycles. The number of carbonyl (C=O) groups excluding carboxylic acids is 1. The van der Waals surface area contributed by atoms with Crippen molar-refractivity contribution in [3.8, 4) is 0 Å². The molecule has 2 saturated heterocycles. The Morgan fingerprint density at radius 2 is 2.05 bits per heavy atom. The zero-order valence-electron chi connectivity index (χ0n) is 12.7. The summed E-state index contributed by atoms with van der Waals surface area (Å²) in [5.41, 5.74) is 0. The third-order valence-corrected chi connectivity index (χ3v) is 4.66. The van der Waals surface area contributed by atoms with Gasteiger partial charge in [-0.25, -0.2) is 0 Å². The maximum Gasteiger partial charge on any atom is 0.240 e. The van der Waals surface area contributed by atoms with Crippen molar-refractivity contribution in [3.63, 3.8) is 0 Å². The minimum absolute atomic E-state index is 0.0179. The fourth-order valence-corrected chi connectivity index (χ4v) is 3.25. The summed E-state index contributed by atoms with van der Waals surface area (Å²) in [7, 11) is 5.90. The van der Waals surface area contributed by atoms with Crippen molar-refractivity contribution in [2.24, 2.45) is 0 Å². The molecule has 0 bridgehead atoms. The Kier molecular flexibility index (Phi) is 4.81. The van der Waals surface area contributed by atoms with Gasteiger partial charge in [0.1, 0.15) is 6.04 Å².